The zero-order valence-corrected chi connectivity index (χ0v) is 14.3. The minimum Gasteiger partial charge on any atom is -0.371 e. The maximum atomic E-state index is 12.0. The van der Waals surface area contributed by atoms with Gasteiger partial charge in [-0.15, -0.1) is 0 Å². The van der Waals surface area contributed by atoms with Crippen LogP contribution in [0.4, 0.5) is 5.69 Å². The summed E-state index contributed by atoms with van der Waals surface area (Å²) in [5, 5.41) is 11.8. The average molecular weight is 343 g/mol. The van der Waals surface area contributed by atoms with Crippen LogP contribution in [0.3, 0.4) is 0 Å². The van der Waals surface area contributed by atoms with Gasteiger partial charge in [0.15, 0.2) is 0 Å². The molecule has 0 unspecified atom stereocenters. The number of amides is 2. The molecule has 1 aromatic rings. The molecule has 1 saturated heterocycles. The van der Waals surface area contributed by atoms with Crippen LogP contribution in [0.5, 0.6) is 0 Å². The molecule has 3 N–H and O–H groups in total. The number of carbonyl (C=O) groups is 2. The number of hydroxylamine groups is 1. The molecular weight excluding hydrogens is 318 g/mol. The van der Waals surface area contributed by atoms with Gasteiger partial charge < -0.3 is 10.2 Å². The van der Waals surface area contributed by atoms with E-state index >= 15 is 0 Å². The standard InChI is InChI=1S/C19H25N3O3/c23-18(21-25)8-7-15-3-1-2-4-17(15)22-11-9-16(10-12-22)20-19(24)13-14-5-6-14/h1-4,7-8,14,16,25H,5-6,9-13H2,(H,20,24)(H,21,23)/b8-7+. The van der Waals surface area contributed by atoms with Crippen LogP contribution >= 0.6 is 0 Å². The second-order valence-corrected chi connectivity index (χ2v) is 6.84. The van der Waals surface area contributed by atoms with Gasteiger partial charge in [0.25, 0.3) is 5.91 Å². The second kappa shape index (κ2) is 8.16. The lowest BCUT2D eigenvalue weighted by Crippen LogP contribution is -2.45. The first kappa shape index (κ1) is 17.5. The van der Waals surface area contributed by atoms with Crippen LogP contribution < -0.4 is 15.7 Å². The molecule has 1 aromatic carbocycles. The van der Waals surface area contributed by atoms with Crippen molar-refractivity contribution in [3.63, 3.8) is 0 Å². The first-order valence-corrected chi connectivity index (χ1v) is 8.91. The molecule has 3 rings (SSSR count). The molecule has 0 bridgehead atoms. The van der Waals surface area contributed by atoms with Crippen molar-refractivity contribution in [2.75, 3.05) is 18.0 Å². The Morgan fingerprint density at radius 3 is 2.56 bits per heavy atom. The summed E-state index contributed by atoms with van der Waals surface area (Å²) in [7, 11) is 0. The Hall–Kier alpha value is -2.34. The highest BCUT2D eigenvalue weighted by atomic mass is 16.5. The van der Waals surface area contributed by atoms with Crippen molar-refractivity contribution >= 4 is 23.6 Å². The third-order valence-electron chi connectivity index (χ3n) is 4.83. The summed E-state index contributed by atoms with van der Waals surface area (Å²) >= 11 is 0. The van der Waals surface area contributed by atoms with Gasteiger partial charge in [-0.1, -0.05) is 18.2 Å². The van der Waals surface area contributed by atoms with E-state index in [1.807, 2.05) is 24.3 Å². The van der Waals surface area contributed by atoms with E-state index in [2.05, 4.69) is 10.2 Å². The van der Waals surface area contributed by atoms with Crippen molar-refractivity contribution in [1.82, 2.24) is 10.8 Å². The number of benzene rings is 1. The number of rotatable bonds is 6. The molecule has 134 valence electrons. The van der Waals surface area contributed by atoms with Crippen molar-refractivity contribution in [3.8, 4) is 0 Å². The third kappa shape index (κ3) is 5.06. The van der Waals surface area contributed by atoms with Crippen molar-refractivity contribution in [2.45, 2.75) is 38.1 Å². The van der Waals surface area contributed by atoms with Crippen molar-refractivity contribution < 1.29 is 14.8 Å². The quantitative estimate of drug-likeness (QED) is 0.420. The highest BCUT2D eigenvalue weighted by molar-refractivity contribution is 5.91. The van der Waals surface area contributed by atoms with Crippen LogP contribution in [0.15, 0.2) is 30.3 Å². The largest absolute Gasteiger partial charge is 0.371 e. The first-order valence-electron chi connectivity index (χ1n) is 8.91. The van der Waals surface area contributed by atoms with Crippen LogP contribution in [0, 0.1) is 5.92 Å². The minimum absolute atomic E-state index is 0.194. The molecule has 0 radical (unpaired) electrons. The molecule has 6 heteroatoms. The fraction of sp³-hybridized carbons (Fsp3) is 0.474. The molecule has 1 saturated carbocycles. The Bertz CT molecular complexity index is 647. The van der Waals surface area contributed by atoms with Gasteiger partial charge in [0.1, 0.15) is 0 Å². The molecule has 0 spiro atoms. The lowest BCUT2D eigenvalue weighted by atomic mass is 10.0. The minimum atomic E-state index is -0.549. The fourth-order valence-electron chi connectivity index (χ4n) is 3.25. The van der Waals surface area contributed by atoms with Crippen molar-refractivity contribution in [3.05, 3.63) is 35.9 Å². The summed E-state index contributed by atoms with van der Waals surface area (Å²) < 4.78 is 0. The van der Waals surface area contributed by atoms with Crippen LogP contribution in [0.1, 0.15) is 37.7 Å². The maximum absolute atomic E-state index is 12.0. The van der Waals surface area contributed by atoms with Gasteiger partial charge in [0.05, 0.1) is 0 Å². The number of nitrogens with zero attached hydrogens (tertiary/aromatic N) is 1. The second-order valence-electron chi connectivity index (χ2n) is 6.84. The summed E-state index contributed by atoms with van der Waals surface area (Å²) in [5.41, 5.74) is 3.59. The Kier molecular flexibility index (Phi) is 5.71. The number of hydrogen-bond donors (Lipinski definition) is 3. The molecule has 25 heavy (non-hydrogen) atoms. The van der Waals surface area contributed by atoms with E-state index < -0.39 is 5.91 Å². The molecule has 1 aliphatic carbocycles. The molecule has 1 aliphatic heterocycles. The van der Waals surface area contributed by atoms with Crippen LogP contribution in [0.2, 0.25) is 0 Å². The van der Waals surface area contributed by atoms with Gasteiger partial charge in [-0.3, -0.25) is 14.8 Å². The lowest BCUT2D eigenvalue weighted by Gasteiger charge is -2.34. The van der Waals surface area contributed by atoms with Gasteiger partial charge >= 0.3 is 0 Å². The number of carbonyl (C=O) groups excluding carboxylic acids is 2. The predicted octanol–water partition coefficient (Wildman–Crippen LogP) is 2.09. The molecule has 1 heterocycles. The predicted molar refractivity (Wildman–Crippen MR) is 96.1 cm³/mol. The van der Waals surface area contributed by atoms with Crippen molar-refractivity contribution in [1.29, 1.82) is 0 Å². The Morgan fingerprint density at radius 2 is 1.88 bits per heavy atom. The number of nitrogens with one attached hydrogen (secondary N) is 2. The molecule has 6 nitrogen and oxygen atoms in total. The Morgan fingerprint density at radius 1 is 1.16 bits per heavy atom. The van der Waals surface area contributed by atoms with Crippen LogP contribution in [-0.2, 0) is 9.59 Å². The van der Waals surface area contributed by atoms with Crippen molar-refractivity contribution in [2.24, 2.45) is 5.92 Å². The van der Waals surface area contributed by atoms with Gasteiger partial charge in [0, 0.05) is 37.3 Å². The molecule has 0 atom stereocenters. The normalized spacial score (nSPS) is 18.4. The molecule has 2 fully saturated rings. The van der Waals surface area contributed by atoms with E-state index in [-0.39, 0.29) is 11.9 Å². The van der Waals surface area contributed by atoms with E-state index in [1.165, 1.54) is 18.9 Å². The molecule has 2 aliphatic rings. The summed E-state index contributed by atoms with van der Waals surface area (Å²) in [6.07, 6.45) is 7.93. The monoisotopic (exact) mass is 343 g/mol. The zero-order chi connectivity index (χ0) is 17.6. The van der Waals surface area contributed by atoms with E-state index in [1.54, 1.807) is 11.6 Å². The van der Waals surface area contributed by atoms with Crippen LogP contribution in [-0.4, -0.2) is 36.2 Å². The fourth-order valence-corrected chi connectivity index (χ4v) is 3.25. The summed E-state index contributed by atoms with van der Waals surface area (Å²) in [6.45, 7) is 1.73. The maximum Gasteiger partial charge on any atom is 0.267 e. The molecular formula is C19H25N3O3. The lowest BCUT2D eigenvalue weighted by molar-refractivity contribution is -0.124. The summed E-state index contributed by atoms with van der Waals surface area (Å²) in [5.74, 6) is 0.265. The van der Waals surface area contributed by atoms with Gasteiger partial charge in [-0.05, 0) is 49.3 Å². The number of anilines is 1. The third-order valence-corrected chi connectivity index (χ3v) is 4.83. The van der Waals surface area contributed by atoms with E-state index in [0.29, 0.717) is 12.3 Å². The molecule has 2 amide bonds. The van der Waals surface area contributed by atoms with Gasteiger partial charge in [0.2, 0.25) is 5.91 Å². The zero-order valence-electron chi connectivity index (χ0n) is 14.3. The average Bonchev–Trinajstić information content (AvgIpc) is 3.44. The van der Waals surface area contributed by atoms with E-state index in [9.17, 15) is 9.59 Å². The first-order chi connectivity index (χ1) is 12.2. The SMILES string of the molecule is O=C(/C=C/c1ccccc1N1CCC(NC(=O)CC2CC2)CC1)NO. The Labute approximate surface area is 147 Å². The van der Waals surface area contributed by atoms with E-state index in [0.717, 1.165) is 37.2 Å². The number of piperidine rings is 1. The van der Waals surface area contributed by atoms with Gasteiger partial charge in [-0.25, -0.2) is 5.48 Å². The van der Waals surface area contributed by atoms with Crippen LogP contribution in [0.25, 0.3) is 6.08 Å². The smallest absolute Gasteiger partial charge is 0.267 e. The summed E-state index contributed by atoms with van der Waals surface area (Å²) in [6, 6.07) is 8.13. The Balaban J connectivity index is 1.56. The van der Waals surface area contributed by atoms with Gasteiger partial charge in [-0.2, -0.15) is 0 Å². The number of hydrogen-bond acceptors (Lipinski definition) is 4. The molecule has 0 aromatic heterocycles. The highest BCUT2D eigenvalue weighted by Crippen LogP contribution is 2.32. The summed E-state index contributed by atoms with van der Waals surface area (Å²) in [4.78, 5) is 25.4. The topological polar surface area (TPSA) is 81.7 Å². The highest BCUT2D eigenvalue weighted by Gasteiger charge is 2.27. The number of para-hydroxylation sites is 1. The van der Waals surface area contributed by atoms with E-state index in [4.69, 9.17) is 5.21 Å².